The molecule has 1 saturated heterocycles. The second-order valence-electron chi connectivity index (χ2n) is 5.70. The molecule has 2 rings (SSSR count). The van der Waals surface area contributed by atoms with Crippen LogP contribution in [0.5, 0.6) is 5.75 Å². The summed E-state index contributed by atoms with van der Waals surface area (Å²) in [7, 11) is 1.71. The Hall–Kier alpha value is -1.82. The fourth-order valence-electron chi connectivity index (χ4n) is 2.59. The van der Waals surface area contributed by atoms with Crippen LogP contribution in [-0.4, -0.2) is 43.8 Å². The van der Waals surface area contributed by atoms with E-state index in [9.17, 15) is 9.18 Å². The van der Waals surface area contributed by atoms with Gasteiger partial charge in [-0.2, -0.15) is 0 Å². The Balaban J connectivity index is 1.78. The summed E-state index contributed by atoms with van der Waals surface area (Å²) in [5.41, 5.74) is 0.157. The average molecular weight is 324 g/mol. The van der Waals surface area contributed by atoms with Crippen molar-refractivity contribution in [3.63, 3.8) is 0 Å². The van der Waals surface area contributed by atoms with Gasteiger partial charge in [-0.05, 0) is 44.7 Å². The zero-order valence-corrected chi connectivity index (χ0v) is 13.8. The van der Waals surface area contributed by atoms with Gasteiger partial charge < -0.3 is 19.7 Å². The van der Waals surface area contributed by atoms with Gasteiger partial charge in [-0.1, -0.05) is 0 Å². The molecule has 0 unspecified atom stereocenters. The number of carbonyl (C=O) groups excluding carboxylic acids is 1. The second kappa shape index (κ2) is 8.72. The molecule has 5 nitrogen and oxygen atoms in total. The van der Waals surface area contributed by atoms with E-state index < -0.39 is 5.82 Å². The van der Waals surface area contributed by atoms with Crippen LogP contribution < -0.4 is 10.1 Å². The minimum absolute atomic E-state index is 0.157. The lowest BCUT2D eigenvalue weighted by molar-refractivity contribution is 0.101. The first-order valence-corrected chi connectivity index (χ1v) is 8.16. The van der Waals surface area contributed by atoms with Gasteiger partial charge in [-0.3, -0.25) is 0 Å². The van der Waals surface area contributed by atoms with Crippen LogP contribution in [0, 0.1) is 5.82 Å². The van der Waals surface area contributed by atoms with Gasteiger partial charge in [0.1, 0.15) is 11.6 Å². The number of urea groups is 1. The third-order valence-electron chi connectivity index (χ3n) is 3.88. The summed E-state index contributed by atoms with van der Waals surface area (Å²) >= 11 is 0. The molecule has 1 atom stereocenters. The number of anilines is 1. The van der Waals surface area contributed by atoms with E-state index in [0.717, 1.165) is 32.3 Å². The smallest absolute Gasteiger partial charge is 0.321 e. The Bertz CT molecular complexity index is 519. The normalized spacial score (nSPS) is 17.1. The summed E-state index contributed by atoms with van der Waals surface area (Å²) < 4.78 is 24.7. The molecule has 0 saturated carbocycles. The maximum Gasteiger partial charge on any atom is 0.321 e. The topological polar surface area (TPSA) is 50.8 Å². The number of hydrogen-bond donors (Lipinski definition) is 1. The predicted molar refractivity (Wildman–Crippen MR) is 87.4 cm³/mol. The molecule has 23 heavy (non-hydrogen) atoms. The van der Waals surface area contributed by atoms with Crippen LogP contribution >= 0.6 is 0 Å². The Morgan fingerprint density at radius 1 is 1.52 bits per heavy atom. The maximum atomic E-state index is 13.9. The lowest BCUT2D eigenvalue weighted by Crippen LogP contribution is -2.32. The summed E-state index contributed by atoms with van der Waals surface area (Å²) in [4.78, 5) is 13.6. The summed E-state index contributed by atoms with van der Waals surface area (Å²) in [6, 6.07) is 4.11. The average Bonchev–Trinajstić information content (AvgIpc) is 3.03. The molecule has 1 aromatic rings. The quantitative estimate of drug-likeness (QED) is 0.833. The highest BCUT2D eigenvalue weighted by atomic mass is 19.1. The van der Waals surface area contributed by atoms with Gasteiger partial charge in [-0.15, -0.1) is 0 Å². The van der Waals surface area contributed by atoms with Gasteiger partial charge in [-0.25, -0.2) is 9.18 Å². The Labute approximate surface area is 136 Å². The zero-order chi connectivity index (χ0) is 16.7. The zero-order valence-electron chi connectivity index (χ0n) is 13.8. The highest BCUT2D eigenvalue weighted by molar-refractivity contribution is 5.89. The highest BCUT2D eigenvalue weighted by Crippen LogP contribution is 2.21. The fraction of sp³-hybridized carbons (Fsp3) is 0.588. The monoisotopic (exact) mass is 324 g/mol. The first-order valence-electron chi connectivity index (χ1n) is 8.16. The van der Waals surface area contributed by atoms with Crippen molar-refractivity contribution in [2.75, 3.05) is 32.1 Å². The van der Waals surface area contributed by atoms with Crippen LogP contribution in [0.25, 0.3) is 0 Å². The number of ether oxygens (including phenoxy) is 2. The van der Waals surface area contributed by atoms with Crippen molar-refractivity contribution in [3.05, 3.63) is 24.0 Å². The summed E-state index contributed by atoms with van der Waals surface area (Å²) in [6.07, 6.45) is 4.38. The molecular weight excluding hydrogens is 299 g/mol. The first-order chi connectivity index (χ1) is 11.1. The number of benzene rings is 1. The number of rotatable bonds is 7. The standard InChI is InChI=1S/C17H25FN2O3/c1-3-22-14-8-9-16(15(18)12-14)19-17(21)20(2)10-4-6-13-7-5-11-23-13/h8-9,12-13H,3-7,10-11H2,1-2H3,(H,19,21)/t13-/m1/s1. The van der Waals surface area contributed by atoms with Crippen molar-refractivity contribution < 1.29 is 18.7 Å². The molecule has 0 radical (unpaired) electrons. The van der Waals surface area contributed by atoms with Gasteiger partial charge >= 0.3 is 6.03 Å². The highest BCUT2D eigenvalue weighted by Gasteiger charge is 2.16. The molecule has 0 spiro atoms. The lowest BCUT2D eigenvalue weighted by atomic mass is 10.1. The molecule has 1 aromatic carbocycles. The van der Waals surface area contributed by atoms with E-state index >= 15 is 0 Å². The van der Waals surface area contributed by atoms with E-state index in [-0.39, 0.29) is 11.7 Å². The molecule has 1 aliphatic heterocycles. The molecule has 1 N–H and O–H groups in total. The van der Waals surface area contributed by atoms with E-state index in [1.807, 2.05) is 6.92 Å². The molecule has 1 fully saturated rings. The van der Waals surface area contributed by atoms with E-state index in [0.29, 0.717) is 25.0 Å². The minimum Gasteiger partial charge on any atom is -0.494 e. The van der Waals surface area contributed by atoms with Crippen LogP contribution in [0.4, 0.5) is 14.9 Å². The second-order valence-corrected chi connectivity index (χ2v) is 5.70. The van der Waals surface area contributed by atoms with E-state index in [2.05, 4.69) is 5.32 Å². The third-order valence-corrected chi connectivity index (χ3v) is 3.88. The van der Waals surface area contributed by atoms with E-state index in [4.69, 9.17) is 9.47 Å². The van der Waals surface area contributed by atoms with E-state index in [1.54, 1.807) is 18.0 Å². The van der Waals surface area contributed by atoms with Gasteiger partial charge in [0, 0.05) is 26.3 Å². The molecular formula is C17H25FN2O3. The van der Waals surface area contributed by atoms with Crippen LogP contribution in [0.1, 0.15) is 32.6 Å². The molecule has 0 aromatic heterocycles. The molecule has 0 bridgehead atoms. The molecule has 1 aliphatic rings. The van der Waals surface area contributed by atoms with Gasteiger partial charge in [0.05, 0.1) is 18.4 Å². The summed E-state index contributed by atoms with van der Waals surface area (Å²) in [5, 5.41) is 2.58. The predicted octanol–water partition coefficient (Wildman–Crippen LogP) is 3.65. The lowest BCUT2D eigenvalue weighted by Gasteiger charge is -2.19. The molecule has 1 heterocycles. The van der Waals surface area contributed by atoms with Gasteiger partial charge in [0.15, 0.2) is 0 Å². The van der Waals surface area contributed by atoms with Crippen molar-refractivity contribution >= 4 is 11.7 Å². The molecule has 6 heteroatoms. The van der Waals surface area contributed by atoms with Crippen LogP contribution in [0.2, 0.25) is 0 Å². The fourth-order valence-corrected chi connectivity index (χ4v) is 2.59. The van der Waals surface area contributed by atoms with Crippen LogP contribution in [-0.2, 0) is 4.74 Å². The Kier molecular flexibility index (Phi) is 6.65. The van der Waals surface area contributed by atoms with E-state index in [1.165, 1.54) is 12.1 Å². The number of nitrogens with one attached hydrogen (secondary N) is 1. The Morgan fingerprint density at radius 3 is 3.00 bits per heavy atom. The molecule has 128 valence electrons. The van der Waals surface area contributed by atoms with Crippen LogP contribution in [0.15, 0.2) is 18.2 Å². The molecule has 0 aliphatic carbocycles. The van der Waals surface area contributed by atoms with Gasteiger partial charge in [0.2, 0.25) is 0 Å². The number of nitrogens with zero attached hydrogens (tertiary/aromatic N) is 1. The SMILES string of the molecule is CCOc1ccc(NC(=O)N(C)CCC[C@@H]2CCCO2)c(F)c1. The maximum absolute atomic E-state index is 13.9. The minimum atomic E-state index is -0.503. The van der Waals surface area contributed by atoms with Gasteiger partial charge in [0.25, 0.3) is 0 Å². The largest absolute Gasteiger partial charge is 0.494 e. The summed E-state index contributed by atoms with van der Waals surface area (Å²) in [5.74, 6) is -0.0510. The number of halogens is 1. The third kappa shape index (κ3) is 5.39. The first kappa shape index (κ1) is 17.5. The number of carbonyl (C=O) groups is 1. The Morgan fingerprint density at radius 2 is 2.35 bits per heavy atom. The number of amides is 2. The van der Waals surface area contributed by atoms with Crippen molar-refractivity contribution in [1.29, 1.82) is 0 Å². The van der Waals surface area contributed by atoms with Crippen molar-refractivity contribution in [2.24, 2.45) is 0 Å². The van der Waals surface area contributed by atoms with Crippen LogP contribution in [0.3, 0.4) is 0 Å². The van der Waals surface area contributed by atoms with Crippen molar-refractivity contribution in [3.8, 4) is 5.75 Å². The molecule has 2 amide bonds. The number of hydrogen-bond acceptors (Lipinski definition) is 3. The van der Waals surface area contributed by atoms with Crippen molar-refractivity contribution in [1.82, 2.24) is 4.90 Å². The van der Waals surface area contributed by atoms with Crippen molar-refractivity contribution in [2.45, 2.75) is 38.7 Å². The summed E-state index contributed by atoms with van der Waals surface area (Å²) in [6.45, 7) is 3.76.